The first-order valence-corrected chi connectivity index (χ1v) is 8.63. The highest BCUT2D eigenvalue weighted by Crippen LogP contribution is 2.25. The van der Waals surface area contributed by atoms with E-state index in [1.165, 1.54) is 0 Å². The Morgan fingerprint density at radius 1 is 1.17 bits per heavy atom. The monoisotopic (exact) mass is 260 g/mol. The number of furan rings is 1. The third-order valence-corrected chi connectivity index (χ3v) is 7.96. The van der Waals surface area contributed by atoms with Crippen molar-refractivity contribution in [3.8, 4) is 0 Å². The Labute approximate surface area is 110 Å². The van der Waals surface area contributed by atoms with Gasteiger partial charge in [-0.2, -0.15) is 0 Å². The van der Waals surface area contributed by atoms with Crippen molar-refractivity contribution in [1.82, 2.24) is 0 Å². The van der Waals surface area contributed by atoms with Crippen LogP contribution in [-0.2, 0) is 0 Å². The molecular formula is C15H20O2Si. The van der Waals surface area contributed by atoms with Crippen molar-refractivity contribution in [2.24, 2.45) is 0 Å². The number of hydrogen-bond donors (Lipinski definition) is 0. The van der Waals surface area contributed by atoms with Gasteiger partial charge in [0.15, 0.2) is 6.29 Å². The van der Waals surface area contributed by atoms with Gasteiger partial charge in [-0.15, -0.1) is 19.7 Å². The average Bonchev–Trinajstić information content (AvgIpc) is 2.71. The highest BCUT2D eigenvalue weighted by Gasteiger charge is 2.36. The molecule has 0 atom stereocenters. The molecular weight excluding hydrogens is 240 g/mol. The van der Waals surface area contributed by atoms with Crippen molar-refractivity contribution in [2.45, 2.75) is 25.1 Å². The second kappa shape index (κ2) is 6.35. The topological polar surface area (TPSA) is 30.2 Å². The van der Waals surface area contributed by atoms with Gasteiger partial charge < -0.3 is 4.42 Å². The van der Waals surface area contributed by atoms with Crippen molar-refractivity contribution < 1.29 is 9.21 Å². The lowest BCUT2D eigenvalue weighted by atomic mass is 10.2. The standard InChI is InChI=1S/C15H20O2Si/c1-5-8-18(9-6-2,10-7-3)15-13(4)14(11-16)12-17-15/h5-7,11-12H,1-3,8-10H2,4H3. The Morgan fingerprint density at radius 3 is 2.00 bits per heavy atom. The van der Waals surface area contributed by atoms with Gasteiger partial charge in [0.2, 0.25) is 0 Å². The van der Waals surface area contributed by atoms with Gasteiger partial charge in [-0.05, 0) is 30.6 Å². The van der Waals surface area contributed by atoms with E-state index in [4.69, 9.17) is 4.42 Å². The van der Waals surface area contributed by atoms with Crippen molar-refractivity contribution in [3.05, 3.63) is 55.4 Å². The van der Waals surface area contributed by atoms with Gasteiger partial charge in [0.25, 0.3) is 0 Å². The molecule has 0 saturated carbocycles. The molecule has 0 amide bonds. The highest BCUT2D eigenvalue weighted by atomic mass is 28.3. The first-order valence-electron chi connectivity index (χ1n) is 6.01. The maximum atomic E-state index is 10.9. The van der Waals surface area contributed by atoms with Gasteiger partial charge in [-0.3, -0.25) is 4.79 Å². The molecule has 0 N–H and O–H groups in total. The zero-order chi connectivity index (χ0) is 13.6. The summed E-state index contributed by atoms with van der Waals surface area (Å²) in [7, 11) is -1.89. The van der Waals surface area contributed by atoms with E-state index >= 15 is 0 Å². The molecule has 1 aromatic rings. The Hall–Kier alpha value is -1.61. The zero-order valence-electron chi connectivity index (χ0n) is 10.9. The largest absolute Gasteiger partial charge is 0.473 e. The van der Waals surface area contributed by atoms with Crippen LogP contribution in [0.2, 0.25) is 18.1 Å². The molecule has 0 spiro atoms. The van der Waals surface area contributed by atoms with Crippen LogP contribution in [0.1, 0.15) is 15.9 Å². The number of aldehydes is 1. The molecule has 96 valence electrons. The number of hydrogen-bond acceptors (Lipinski definition) is 2. The quantitative estimate of drug-likeness (QED) is 0.406. The molecule has 0 unspecified atom stereocenters. The van der Waals surface area contributed by atoms with Crippen LogP contribution in [-0.4, -0.2) is 14.4 Å². The predicted molar refractivity (Wildman–Crippen MR) is 79.2 cm³/mol. The Morgan fingerprint density at radius 2 is 1.67 bits per heavy atom. The van der Waals surface area contributed by atoms with E-state index in [2.05, 4.69) is 19.7 Å². The Balaban J connectivity index is 3.33. The second-order valence-corrected chi connectivity index (χ2v) is 8.76. The van der Waals surface area contributed by atoms with E-state index in [1.54, 1.807) is 6.26 Å². The predicted octanol–water partition coefficient (Wildman–Crippen LogP) is 3.61. The molecule has 0 bridgehead atoms. The first kappa shape index (κ1) is 14.4. The van der Waals surface area contributed by atoms with E-state index in [0.29, 0.717) is 5.56 Å². The minimum absolute atomic E-state index is 0.638. The van der Waals surface area contributed by atoms with Gasteiger partial charge in [0, 0.05) is 0 Å². The number of allylic oxidation sites excluding steroid dienone is 3. The van der Waals surface area contributed by atoms with Gasteiger partial charge in [-0.1, -0.05) is 18.2 Å². The van der Waals surface area contributed by atoms with Gasteiger partial charge >= 0.3 is 0 Å². The van der Waals surface area contributed by atoms with Crippen molar-refractivity contribution in [2.75, 3.05) is 0 Å². The fourth-order valence-electron chi connectivity index (χ4n) is 2.43. The lowest BCUT2D eigenvalue weighted by Gasteiger charge is -2.26. The molecule has 0 aromatic carbocycles. The summed E-state index contributed by atoms with van der Waals surface area (Å²) in [4.78, 5) is 10.9. The van der Waals surface area contributed by atoms with Gasteiger partial charge in [0.1, 0.15) is 14.3 Å². The minimum atomic E-state index is -1.89. The van der Waals surface area contributed by atoms with E-state index in [0.717, 1.165) is 35.4 Å². The third kappa shape index (κ3) is 2.62. The molecule has 0 aliphatic heterocycles. The van der Waals surface area contributed by atoms with Crippen LogP contribution in [0.25, 0.3) is 0 Å². The van der Waals surface area contributed by atoms with Crippen molar-refractivity contribution >= 4 is 19.7 Å². The normalized spacial score (nSPS) is 10.9. The molecule has 0 aliphatic carbocycles. The summed E-state index contributed by atoms with van der Waals surface area (Å²) >= 11 is 0. The van der Waals surface area contributed by atoms with Crippen LogP contribution in [0.3, 0.4) is 0 Å². The second-order valence-electron chi connectivity index (χ2n) is 4.52. The summed E-state index contributed by atoms with van der Waals surface area (Å²) in [5.41, 5.74) is 1.60. The molecule has 0 aliphatic rings. The Kier molecular flexibility index (Phi) is 5.10. The summed E-state index contributed by atoms with van der Waals surface area (Å²) in [5, 5.41) is 0.976. The maximum absolute atomic E-state index is 10.9. The lowest BCUT2D eigenvalue weighted by Crippen LogP contribution is -2.47. The summed E-state index contributed by atoms with van der Waals surface area (Å²) in [6.45, 7) is 13.5. The summed E-state index contributed by atoms with van der Waals surface area (Å²) in [6.07, 6.45) is 8.19. The van der Waals surface area contributed by atoms with Crippen molar-refractivity contribution in [3.63, 3.8) is 0 Å². The number of carbonyl (C=O) groups excluding carboxylic acids is 1. The van der Waals surface area contributed by atoms with Gasteiger partial charge in [-0.25, -0.2) is 0 Å². The molecule has 3 heteroatoms. The van der Waals surface area contributed by atoms with Crippen LogP contribution >= 0.6 is 0 Å². The molecule has 1 aromatic heterocycles. The SMILES string of the molecule is C=CC[Si](CC=C)(CC=C)c1occ(C=O)c1C. The van der Waals surface area contributed by atoms with Gasteiger partial charge in [0.05, 0.1) is 10.9 Å². The zero-order valence-corrected chi connectivity index (χ0v) is 11.9. The summed E-state index contributed by atoms with van der Waals surface area (Å²) < 4.78 is 5.70. The molecule has 18 heavy (non-hydrogen) atoms. The molecule has 0 saturated heterocycles. The van der Waals surface area contributed by atoms with Crippen LogP contribution in [0.4, 0.5) is 0 Å². The molecule has 0 radical (unpaired) electrons. The molecule has 1 heterocycles. The molecule has 2 nitrogen and oxygen atoms in total. The summed E-state index contributed by atoms with van der Waals surface area (Å²) in [6, 6.07) is 2.70. The Bertz CT molecular complexity index is 431. The number of carbonyl (C=O) groups is 1. The van der Waals surface area contributed by atoms with Crippen molar-refractivity contribution in [1.29, 1.82) is 0 Å². The molecule has 1 rings (SSSR count). The van der Waals surface area contributed by atoms with E-state index in [-0.39, 0.29) is 0 Å². The molecule has 0 fully saturated rings. The van der Waals surface area contributed by atoms with Crippen LogP contribution in [0.5, 0.6) is 0 Å². The first-order chi connectivity index (χ1) is 8.65. The summed E-state index contributed by atoms with van der Waals surface area (Å²) in [5.74, 6) is 0. The van der Waals surface area contributed by atoms with Crippen LogP contribution < -0.4 is 5.38 Å². The lowest BCUT2D eigenvalue weighted by molar-refractivity contribution is 0.112. The van der Waals surface area contributed by atoms with Crippen LogP contribution in [0, 0.1) is 6.92 Å². The number of rotatable bonds is 8. The maximum Gasteiger partial charge on any atom is 0.153 e. The van der Waals surface area contributed by atoms with E-state index in [1.807, 2.05) is 25.2 Å². The van der Waals surface area contributed by atoms with Crippen LogP contribution in [0.15, 0.2) is 48.6 Å². The average molecular weight is 260 g/mol. The fraction of sp³-hybridized carbons (Fsp3) is 0.267. The van der Waals surface area contributed by atoms with E-state index in [9.17, 15) is 4.79 Å². The smallest absolute Gasteiger partial charge is 0.153 e. The third-order valence-electron chi connectivity index (χ3n) is 3.29. The minimum Gasteiger partial charge on any atom is -0.473 e. The fourth-order valence-corrected chi connectivity index (χ4v) is 6.39. The highest BCUT2D eigenvalue weighted by molar-refractivity contribution is 6.92. The van der Waals surface area contributed by atoms with E-state index < -0.39 is 8.07 Å².